The van der Waals surface area contributed by atoms with E-state index < -0.39 is 18.0 Å². The van der Waals surface area contributed by atoms with Crippen LogP contribution >= 0.6 is 34.8 Å². The summed E-state index contributed by atoms with van der Waals surface area (Å²) in [6.07, 6.45) is -1.07. The van der Waals surface area contributed by atoms with Crippen molar-refractivity contribution in [3.05, 3.63) is 57.2 Å². The molecule has 2 aromatic carbocycles. The molecule has 146 valence electrons. The number of H-pyrrole nitrogens is 1. The third-order valence-electron chi connectivity index (χ3n) is 3.97. The zero-order chi connectivity index (χ0) is 20.4. The molecule has 1 amide bonds. The van der Waals surface area contributed by atoms with Crippen molar-refractivity contribution >= 4 is 63.3 Å². The van der Waals surface area contributed by atoms with Crippen LogP contribution in [0.15, 0.2) is 36.4 Å². The maximum Gasteiger partial charge on any atom is 0.355 e. The fraction of sp³-hybridized carbons (Fsp3) is 0.158. The monoisotopic (exact) mass is 440 g/mol. The minimum absolute atomic E-state index is 0.214. The molecule has 0 aliphatic rings. The second kappa shape index (κ2) is 8.31. The average molecular weight is 442 g/mol. The maximum atomic E-state index is 12.4. The van der Waals surface area contributed by atoms with Crippen molar-refractivity contribution in [1.29, 1.82) is 0 Å². The number of amides is 1. The van der Waals surface area contributed by atoms with Gasteiger partial charge in [-0.2, -0.15) is 0 Å². The summed E-state index contributed by atoms with van der Waals surface area (Å²) in [5, 5.41) is 4.08. The second-order valence-electron chi connectivity index (χ2n) is 5.92. The Balaban J connectivity index is 1.70. The quantitative estimate of drug-likeness (QED) is 0.415. The van der Waals surface area contributed by atoms with Gasteiger partial charge >= 0.3 is 5.97 Å². The van der Waals surface area contributed by atoms with Gasteiger partial charge in [-0.05, 0) is 37.3 Å². The highest BCUT2D eigenvalue weighted by molar-refractivity contribution is 6.44. The summed E-state index contributed by atoms with van der Waals surface area (Å²) in [5.74, 6) is -0.579. The van der Waals surface area contributed by atoms with Gasteiger partial charge in [0.1, 0.15) is 11.4 Å². The molecule has 6 nitrogen and oxygen atoms in total. The molecule has 0 fully saturated rings. The number of nitrogens with one attached hydrogen (secondary N) is 2. The van der Waals surface area contributed by atoms with Gasteiger partial charge < -0.3 is 19.8 Å². The smallest absolute Gasteiger partial charge is 0.355 e. The molecule has 28 heavy (non-hydrogen) atoms. The molecule has 0 spiro atoms. The van der Waals surface area contributed by atoms with Crippen LogP contribution < -0.4 is 10.1 Å². The summed E-state index contributed by atoms with van der Waals surface area (Å²) in [6, 6.07) is 9.82. The Morgan fingerprint density at radius 2 is 1.75 bits per heavy atom. The van der Waals surface area contributed by atoms with E-state index in [1.165, 1.54) is 19.1 Å². The number of ether oxygens (including phenoxy) is 2. The number of halogens is 3. The Hall–Kier alpha value is -2.41. The van der Waals surface area contributed by atoms with E-state index in [4.69, 9.17) is 44.3 Å². The van der Waals surface area contributed by atoms with Gasteiger partial charge in [0.15, 0.2) is 6.10 Å². The van der Waals surface area contributed by atoms with Crippen molar-refractivity contribution in [1.82, 2.24) is 4.98 Å². The number of aromatic amines is 1. The lowest BCUT2D eigenvalue weighted by atomic mass is 10.2. The van der Waals surface area contributed by atoms with Gasteiger partial charge in [-0.1, -0.05) is 34.8 Å². The van der Waals surface area contributed by atoms with Crippen molar-refractivity contribution < 1.29 is 19.1 Å². The number of hydrogen-bond donors (Lipinski definition) is 2. The van der Waals surface area contributed by atoms with E-state index in [-0.39, 0.29) is 26.4 Å². The summed E-state index contributed by atoms with van der Waals surface area (Å²) >= 11 is 17.8. The zero-order valence-corrected chi connectivity index (χ0v) is 17.1. The third kappa shape index (κ3) is 4.35. The predicted molar refractivity (Wildman–Crippen MR) is 110 cm³/mol. The molecule has 0 bridgehead atoms. The van der Waals surface area contributed by atoms with Crippen LogP contribution in [0.2, 0.25) is 15.1 Å². The molecule has 0 saturated carbocycles. The van der Waals surface area contributed by atoms with Crippen LogP contribution in [-0.2, 0) is 9.53 Å². The van der Waals surface area contributed by atoms with Gasteiger partial charge in [0.2, 0.25) is 0 Å². The number of hydrogen-bond acceptors (Lipinski definition) is 4. The summed E-state index contributed by atoms with van der Waals surface area (Å²) in [4.78, 5) is 27.7. The van der Waals surface area contributed by atoms with Gasteiger partial charge in [0, 0.05) is 17.0 Å². The largest absolute Gasteiger partial charge is 0.497 e. The van der Waals surface area contributed by atoms with Crippen LogP contribution in [0.3, 0.4) is 0 Å². The lowest BCUT2D eigenvalue weighted by Crippen LogP contribution is -2.30. The summed E-state index contributed by atoms with van der Waals surface area (Å²) in [6.45, 7) is 1.45. The van der Waals surface area contributed by atoms with Crippen molar-refractivity contribution in [3.8, 4) is 5.75 Å². The van der Waals surface area contributed by atoms with Gasteiger partial charge in [0.25, 0.3) is 5.91 Å². The van der Waals surface area contributed by atoms with E-state index in [1.807, 2.05) is 6.07 Å². The Bertz CT molecular complexity index is 1060. The number of fused-ring (bicyclic) bond motifs is 1. The SMILES string of the molecule is COc1ccc2cc(C(=O)OC(C)C(=O)Nc3cc(Cl)c(Cl)cc3Cl)[nH]c2c1. The van der Waals surface area contributed by atoms with Crippen molar-refractivity contribution in [2.75, 3.05) is 12.4 Å². The molecule has 1 unspecified atom stereocenters. The molecular formula is C19H15Cl3N2O4. The first-order valence-electron chi connectivity index (χ1n) is 8.11. The van der Waals surface area contributed by atoms with E-state index >= 15 is 0 Å². The normalized spacial score (nSPS) is 11.9. The minimum atomic E-state index is -1.07. The first kappa shape index (κ1) is 20.3. The molecule has 1 aromatic heterocycles. The molecule has 2 N–H and O–H groups in total. The molecule has 0 saturated heterocycles. The minimum Gasteiger partial charge on any atom is -0.497 e. The number of carbonyl (C=O) groups is 2. The van der Waals surface area contributed by atoms with E-state index in [1.54, 1.807) is 25.3 Å². The fourth-order valence-corrected chi connectivity index (χ4v) is 3.07. The highest BCUT2D eigenvalue weighted by Gasteiger charge is 2.21. The topological polar surface area (TPSA) is 80.4 Å². The maximum absolute atomic E-state index is 12.4. The summed E-state index contributed by atoms with van der Waals surface area (Å²) in [5.41, 5.74) is 1.20. The lowest BCUT2D eigenvalue weighted by Gasteiger charge is -2.14. The van der Waals surface area contributed by atoms with Crippen LogP contribution in [0, 0.1) is 0 Å². The third-order valence-corrected chi connectivity index (χ3v) is 5.01. The molecular weight excluding hydrogens is 427 g/mol. The number of carbonyl (C=O) groups excluding carboxylic acids is 2. The van der Waals surface area contributed by atoms with Crippen LogP contribution in [0.4, 0.5) is 5.69 Å². The van der Waals surface area contributed by atoms with Crippen LogP contribution in [0.5, 0.6) is 5.75 Å². The van der Waals surface area contributed by atoms with Crippen LogP contribution in [0.25, 0.3) is 10.9 Å². The second-order valence-corrected chi connectivity index (χ2v) is 7.14. The molecule has 3 aromatic rings. The Morgan fingerprint density at radius 1 is 1.04 bits per heavy atom. The van der Waals surface area contributed by atoms with Gasteiger partial charge in [-0.15, -0.1) is 0 Å². The zero-order valence-electron chi connectivity index (χ0n) is 14.8. The van der Waals surface area contributed by atoms with Crippen LogP contribution in [-0.4, -0.2) is 30.1 Å². The standard InChI is InChI=1S/C19H15Cl3N2O4/c1-9(18(25)24-16-8-13(21)12(20)7-14(16)22)28-19(26)17-5-10-3-4-11(27-2)6-15(10)23-17/h3-9,23H,1-2H3,(H,24,25). The number of esters is 1. The number of benzene rings is 2. The molecule has 0 aliphatic carbocycles. The number of aromatic nitrogens is 1. The van der Waals surface area contributed by atoms with Gasteiger partial charge in [-0.25, -0.2) is 4.79 Å². The molecule has 0 radical (unpaired) electrons. The van der Waals surface area contributed by atoms with Gasteiger partial charge in [0.05, 0.1) is 27.9 Å². The number of methoxy groups -OCH3 is 1. The molecule has 3 rings (SSSR count). The highest BCUT2D eigenvalue weighted by Crippen LogP contribution is 2.32. The van der Waals surface area contributed by atoms with E-state index in [0.717, 1.165) is 5.39 Å². The summed E-state index contributed by atoms with van der Waals surface area (Å²) in [7, 11) is 1.56. The molecule has 1 atom stereocenters. The number of rotatable bonds is 5. The van der Waals surface area contributed by atoms with Crippen molar-refractivity contribution in [3.63, 3.8) is 0 Å². The lowest BCUT2D eigenvalue weighted by molar-refractivity contribution is -0.123. The fourth-order valence-electron chi connectivity index (χ4n) is 2.47. The highest BCUT2D eigenvalue weighted by atomic mass is 35.5. The molecule has 0 aliphatic heterocycles. The van der Waals surface area contributed by atoms with Crippen molar-refractivity contribution in [2.45, 2.75) is 13.0 Å². The first-order valence-corrected chi connectivity index (χ1v) is 9.25. The predicted octanol–water partition coefficient (Wildman–Crippen LogP) is 5.32. The van der Waals surface area contributed by atoms with E-state index in [0.29, 0.717) is 11.3 Å². The summed E-state index contributed by atoms with van der Waals surface area (Å²) < 4.78 is 10.4. The Kier molecular flexibility index (Phi) is 6.03. The first-order chi connectivity index (χ1) is 13.3. The molecule has 9 heteroatoms. The Morgan fingerprint density at radius 3 is 2.46 bits per heavy atom. The van der Waals surface area contributed by atoms with E-state index in [9.17, 15) is 9.59 Å². The van der Waals surface area contributed by atoms with Crippen molar-refractivity contribution in [2.24, 2.45) is 0 Å². The van der Waals surface area contributed by atoms with E-state index in [2.05, 4.69) is 10.3 Å². The Labute approximate surface area is 175 Å². The van der Waals surface area contributed by atoms with Gasteiger partial charge in [-0.3, -0.25) is 4.79 Å². The van der Waals surface area contributed by atoms with Crippen LogP contribution in [0.1, 0.15) is 17.4 Å². The molecule has 1 heterocycles. The average Bonchev–Trinajstić information content (AvgIpc) is 3.09. The number of anilines is 1.